The van der Waals surface area contributed by atoms with Crippen LogP contribution in [-0.2, 0) is 4.79 Å². The second-order valence-corrected chi connectivity index (χ2v) is 5.39. The number of rotatable bonds is 2. The van der Waals surface area contributed by atoms with Crippen molar-refractivity contribution in [1.82, 2.24) is 0 Å². The Labute approximate surface area is 132 Å². The number of halogens is 1. The summed E-state index contributed by atoms with van der Waals surface area (Å²) in [5, 5.41) is 0. The lowest BCUT2D eigenvalue weighted by molar-refractivity contribution is -0.116. The molecule has 0 radical (unpaired) electrons. The van der Waals surface area contributed by atoms with Crippen LogP contribution in [0.3, 0.4) is 0 Å². The van der Waals surface area contributed by atoms with Crippen molar-refractivity contribution in [3.63, 3.8) is 0 Å². The zero-order valence-corrected chi connectivity index (χ0v) is 13.3. The summed E-state index contributed by atoms with van der Waals surface area (Å²) in [6, 6.07) is 17.6. The summed E-state index contributed by atoms with van der Waals surface area (Å²) in [6.07, 6.45) is 0. The van der Waals surface area contributed by atoms with E-state index in [0.717, 1.165) is 14.8 Å². The van der Waals surface area contributed by atoms with Crippen LogP contribution in [0.15, 0.2) is 54.6 Å². The molecule has 0 aliphatic carbocycles. The molecular weight excluding hydrogens is 361 g/mol. The van der Waals surface area contributed by atoms with Gasteiger partial charge in [0.15, 0.2) is 0 Å². The smallest absolute Gasteiger partial charge is 0.224 e. The van der Waals surface area contributed by atoms with E-state index < -0.39 is 0 Å². The number of anilines is 1. The average molecular weight is 375 g/mol. The summed E-state index contributed by atoms with van der Waals surface area (Å²) in [7, 11) is 0. The fourth-order valence-electron chi connectivity index (χ4n) is 1.78. The van der Waals surface area contributed by atoms with Crippen molar-refractivity contribution in [1.29, 1.82) is 0 Å². The van der Waals surface area contributed by atoms with Gasteiger partial charge in [0.1, 0.15) is 0 Å². The van der Waals surface area contributed by atoms with Crippen LogP contribution in [0.4, 0.5) is 5.69 Å². The monoisotopic (exact) mass is 375 g/mol. The SMILES string of the molecule is CC(=O)N(CC#Cc1ccccc1)c1ccccc1I. The second kappa shape index (κ2) is 7.11. The zero-order chi connectivity index (χ0) is 14.4. The number of benzene rings is 2. The Morgan fingerprint density at radius 3 is 2.40 bits per heavy atom. The normalized spacial score (nSPS) is 9.50. The lowest BCUT2D eigenvalue weighted by Gasteiger charge is -2.19. The zero-order valence-electron chi connectivity index (χ0n) is 11.1. The summed E-state index contributed by atoms with van der Waals surface area (Å²) in [5.41, 5.74) is 1.86. The third-order valence-corrected chi connectivity index (χ3v) is 3.68. The molecular formula is C17H14INO. The van der Waals surface area contributed by atoms with E-state index in [1.54, 1.807) is 11.8 Å². The Bertz CT molecular complexity index is 655. The van der Waals surface area contributed by atoms with Gasteiger partial charge in [-0.25, -0.2) is 0 Å². The van der Waals surface area contributed by atoms with Crippen molar-refractivity contribution in [3.05, 3.63) is 63.7 Å². The molecule has 0 atom stereocenters. The topological polar surface area (TPSA) is 20.3 Å². The number of nitrogens with zero attached hydrogens (tertiary/aromatic N) is 1. The van der Waals surface area contributed by atoms with Crippen LogP contribution in [0.2, 0.25) is 0 Å². The van der Waals surface area contributed by atoms with Crippen LogP contribution in [0.1, 0.15) is 12.5 Å². The first kappa shape index (κ1) is 14.6. The molecule has 20 heavy (non-hydrogen) atoms. The van der Waals surface area contributed by atoms with Gasteiger partial charge in [-0.2, -0.15) is 0 Å². The predicted octanol–water partition coefficient (Wildman–Crippen LogP) is 3.70. The molecule has 0 bridgehead atoms. The molecule has 0 spiro atoms. The van der Waals surface area contributed by atoms with Crippen molar-refractivity contribution < 1.29 is 4.79 Å². The van der Waals surface area contributed by atoms with E-state index in [0.29, 0.717) is 6.54 Å². The molecule has 0 saturated heterocycles. The molecule has 2 nitrogen and oxygen atoms in total. The Balaban J connectivity index is 2.18. The highest BCUT2D eigenvalue weighted by Crippen LogP contribution is 2.21. The van der Waals surface area contributed by atoms with E-state index >= 15 is 0 Å². The standard InChI is InChI=1S/C17H14INO/c1-14(20)19(17-12-6-5-11-16(17)18)13-7-10-15-8-3-2-4-9-15/h2-6,8-9,11-12H,13H2,1H3. The Morgan fingerprint density at radius 1 is 1.10 bits per heavy atom. The maximum absolute atomic E-state index is 11.8. The molecule has 2 aromatic carbocycles. The minimum atomic E-state index is -0.00326. The van der Waals surface area contributed by atoms with Crippen LogP contribution in [0.25, 0.3) is 0 Å². The maximum Gasteiger partial charge on any atom is 0.224 e. The number of amides is 1. The molecule has 0 aliphatic rings. The third kappa shape index (κ3) is 3.84. The van der Waals surface area contributed by atoms with Crippen molar-refractivity contribution in [2.24, 2.45) is 0 Å². The van der Waals surface area contributed by atoms with E-state index in [9.17, 15) is 4.79 Å². The summed E-state index contributed by atoms with van der Waals surface area (Å²) >= 11 is 2.23. The van der Waals surface area contributed by atoms with E-state index in [1.165, 1.54) is 0 Å². The Hall–Kier alpha value is -1.80. The molecule has 0 heterocycles. The lowest BCUT2D eigenvalue weighted by atomic mass is 10.2. The molecule has 1 amide bonds. The van der Waals surface area contributed by atoms with Crippen molar-refractivity contribution in [2.75, 3.05) is 11.4 Å². The van der Waals surface area contributed by atoms with E-state index in [2.05, 4.69) is 34.4 Å². The van der Waals surface area contributed by atoms with Crippen LogP contribution < -0.4 is 4.90 Å². The fraction of sp³-hybridized carbons (Fsp3) is 0.118. The number of carbonyl (C=O) groups excluding carboxylic acids is 1. The van der Waals surface area contributed by atoms with Crippen LogP contribution in [0, 0.1) is 15.4 Å². The van der Waals surface area contributed by atoms with E-state index in [4.69, 9.17) is 0 Å². The molecule has 2 rings (SSSR count). The van der Waals surface area contributed by atoms with Gasteiger partial charge in [-0.3, -0.25) is 9.69 Å². The van der Waals surface area contributed by atoms with Crippen molar-refractivity contribution in [3.8, 4) is 11.8 Å². The lowest BCUT2D eigenvalue weighted by Crippen LogP contribution is -2.29. The Kier molecular flexibility index (Phi) is 5.19. The first-order chi connectivity index (χ1) is 9.68. The third-order valence-electron chi connectivity index (χ3n) is 2.77. The van der Waals surface area contributed by atoms with Gasteiger partial charge in [0.2, 0.25) is 5.91 Å². The summed E-state index contributed by atoms with van der Waals surface area (Å²) in [4.78, 5) is 13.5. The van der Waals surface area contributed by atoms with Gasteiger partial charge in [0.25, 0.3) is 0 Å². The molecule has 0 fully saturated rings. The molecule has 0 N–H and O–H groups in total. The van der Waals surface area contributed by atoms with E-state index in [-0.39, 0.29) is 5.91 Å². The molecule has 3 heteroatoms. The van der Waals surface area contributed by atoms with Crippen LogP contribution >= 0.6 is 22.6 Å². The molecule has 0 unspecified atom stereocenters. The van der Waals surface area contributed by atoms with Crippen LogP contribution in [0.5, 0.6) is 0 Å². The minimum absolute atomic E-state index is 0.00326. The molecule has 2 aromatic rings. The first-order valence-corrected chi connectivity index (χ1v) is 7.33. The van der Waals surface area contributed by atoms with Crippen LogP contribution in [-0.4, -0.2) is 12.5 Å². The van der Waals surface area contributed by atoms with Gasteiger partial charge in [0.05, 0.1) is 12.2 Å². The highest BCUT2D eigenvalue weighted by atomic mass is 127. The maximum atomic E-state index is 11.8. The minimum Gasteiger partial charge on any atom is -0.300 e. The molecule has 100 valence electrons. The number of carbonyl (C=O) groups is 1. The largest absolute Gasteiger partial charge is 0.300 e. The van der Waals surface area contributed by atoms with Gasteiger partial charge >= 0.3 is 0 Å². The van der Waals surface area contributed by atoms with Gasteiger partial charge in [-0.15, -0.1) is 0 Å². The first-order valence-electron chi connectivity index (χ1n) is 6.25. The number of para-hydroxylation sites is 1. The molecule has 0 saturated carbocycles. The van der Waals surface area contributed by atoms with Crippen molar-refractivity contribution in [2.45, 2.75) is 6.92 Å². The molecule has 0 aromatic heterocycles. The fourth-order valence-corrected chi connectivity index (χ4v) is 2.46. The highest BCUT2D eigenvalue weighted by molar-refractivity contribution is 14.1. The summed E-state index contributed by atoms with van der Waals surface area (Å²) in [5.74, 6) is 6.13. The van der Waals surface area contributed by atoms with Gasteiger partial charge in [-0.05, 0) is 46.9 Å². The Morgan fingerprint density at radius 2 is 1.75 bits per heavy atom. The predicted molar refractivity (Wildman–Crippen MR) is 90.5 cm³/mol. The summed E-state index contributed by atoms with van der Waals surface area (Å²) < 4.78 is 1.04. The van der Waals surface area contributed by atoms with Gasteiger partial charge < -0.3 is 0 Å². The van der Waals surface area contributed by atoms with Gasteiger partial charge in [0, 0.05) is 16.1 Å². The molecule has 0 aliphatic heterocycles. The summed E-state index contributed by atoms with van der Waals surface area (Å²) in [6.45, 7) is 1.96. The quantitative estimate of drug-likeness (QED) is 0.579. The number of hydrogen-bond acceptors (Lipinski definition) is 1. The second-order valence-electron chi connectivity index (χ2n) is 4.22. The van der Waals surface area contributed by atoms with Gasteiger partial charge in [-0.1, -0.05) is 42.2 Å². The number of hydrogen-bond donors (Lipinski definition) is 0. The average Bonchev–Trinajstić information content (AvgIpc) is 2.45. The van der Waals surface area contributed by atoms with E-state index in [1.807, 2.05) is 54.6 Å². The highest BCUT2D eigenvalue weighted by Gasteiger charge is 2.12. The van der Waals surface area contributed by atoms with Crippen molar-refractivity contribution >= 4 is 34.2 Å².